The number of ether oxygens (including phenoxy) is 3. The van der Waals surface area contributed by atoms with Crippen molar-refractivity contribution in [1.29, 1.82) is 0 Å². The van der Waals surface area contributed by atoms with E-state index in [1.807, 2.05) is 12.1 Å². The van der Waals surface area contributed by atoms with Gasteiger partial charge in [0, 0.05) is 86.7 Å². The van der Waals surface area contributed by atoms with E-state index in [0.717, 1.165) is 77.4 Å². The molecule has 0 aromatic heterocycles. The lowest BCUT2D eigenvalue weighted by atomic mass is 9.80. The van der Waals surface area contributed by atoms with Crippen molar-refractivity contribution in [3.05, 3.63) is 53.3 Å². The summed E-state index contributed by atoms with van der Waals surface area (Å²) in [7, 11) is 0. The van der Waals surface area contributed by atoms with Gasteiger partial charge in [0.15, 0.2) is 0 Å². The van der Waals surface area contributed by atoms with Crippen LogP contribution in [0.3, 0.4) is 0 Å². The van der Waals surface area contributed by atoms with Crippen molar-refractivity contribution in [3.63, 3.8) is 0 Å². The number of hydrogen-bond acceptors (Lipinski definition) is 12. The zero-order valence-electron chi connectivity index (χ0n) is 34.9. The molecule has 0 saturated carbocycles. The molecule has 3 rings (SSSR count). The monoisotopic (exact) mass is 850 g/mol. The number of halogens is 1. The van der Waals surface area contributed by atoms with E-state index in [1.54, 1.807) is 6.08 Å². The third-order valence-corrected chi connectivity index (χ3v) is 10.5. The number of barbiturate groups is 1. The first kappa shape index (κ1) is 48.9. The maximum absolute atomic E-state index is 13.8. The minimum atomic E-state index is -0.713. The van der Waals surface area contributed by atoms with E-state index < -0.39 is 17.8 Å². The summed E-state index contributed by atoms with van der Waals surface area (Å²) in [5.74, 6) is 0.615. The molecule has 16 heteroatoms. The SMILES string of the molecule is CCN(CC)c1ccc2c(c1)O/C(=C\C=C1\C(=O)N(CCCCCC(=O)NCCOCCOCCCCCCCl)C(=O)N(CCCSOOO)C1=O)C=C2C(C)(C)C. The van der Waals surface area contributed by atoms with Crippen LogP contribution < -0.4 is 15.0 Å². The first-order chi connectivity index (χ1) is 28.0. The zero-order chi connectivity index (χ0) is 42.3. The van der Waals surface area contributed by atoms with Gasteiger partial charge in [-0.15, -0.1) is 15.9 Å². The van der Waals surface area contributed by atoms with Crippen molar-refractivity contribution in [2.75, 3.05) is 75.7 Å². The topological polar surface area (TPSA) is 156 Å². The van der Waals surface area contributed by atoms with E-state index >= 15 is 0 Å². The van der Waals surface area contributed by atoms with Crippen molar-refractivity contribution in [2.24, 2.45) is 5.41 Å². The number of urea groups is 1. The lowest BCUT2D eigenvalue weighted by Gasteiger charge is -2.34. The van der Waals surface area contributed by atoms with Gasteiger partial charge >= 0.3 is 6.03 Å². The minimum absolute atomic E-state index is 0.00950. The fraction of sp³-hybridized carbons (Fsp3) is 0.619. The molecule has 0 radical (unpaired) electrons. The summed E-state index contributed by atoms with van der Waals surface area (Å²) in [4.78, 5) is 57.8. The summed E-state index contributed by atoms with van der Waals surface area (Å²) in [6.45, 7) is 14.7. The number of alkyl halides is 1. The number of carbonyl (C=O) groups is 4. The van der Waals surface area contributed by atoms with Crippen LogP contribution in [-0.2, 0) is 33.2 Å². The maximum atomic E-state index is 13.8. The van der Waals surface area contributed by atoms with E-state index in [2.05, 4.69) is 66.3 Å². The van der Waals surface area contributed by atoms with Gasteiger partial charge in [-0.3, -0.25) is 24.2 Å². The summed E-state index contributed by atoms with van der Waals surface area (Å²) in [5, 5.41) is 14.9. The molecule has 5 amide bonds. The molecular weight excluding hydrogens is 788 g/mol. The number of nitrogens with one attached hydrogen (secondary N) is 1. The minimum Gasteiger partial charge on any atom is -0.457 e. The van der Waals surface area contributed by atoms with Gasteiger partial charge in [-0.25, -0.2) is 10.1 Å². The number of benzene rings is 1. The molecule has 1 fully saturated rings. The number of rotatable bonds is 28. The van der Waals surface area contributed by atoms with E-state index in [-0.39, 0.29) is 30.0 Å². The molecule has 14 nitrogen and oxygen atoms in total. The van der Waals surface area contributed by atoms with Gasteiger partial charge in [-0.2, -0.15) is 0 Å². The van der Waals surface area contributed by atoms with E-state index in [1.165, 1.54) is 6.08 Å². The molecule has 2 aliphatic heterocycles. The van der Waals surface area contributed by atoms with Gasteiger partial charge in [0.1, 0.15) is 17.1 Å². The highest BCUT2D eigenvalue weighted by Crippen LogP contribution is 2.44. The number of hydrogen-bond donors (Lipinski definition) is 2. The number of amides is 5. The van der Waals surface area contributed by atoms with Gasteiger partial charge < -0.3 is 24.4 Å². The van der Waals surface area contributed by atoms with Crippen LogP contribution in [0.25, 0.3) is 5.57 Å². The quantitative estimate of drug-likeness (QED) is 0.0160. The Hall–Kier alpha value is -3.44. The van der Waals surface area contributed by atoms with Crippen molar-refractivity contribution < 1.29 is 48.0 Å². The Bertz CT molecular complexity index is 1580. The van der Waals surface area contributed by atoms with Crippen LogP contribution in [0.15, 0.2) is 47.8 Å². The lowest BCUT2D eigenvalue weighted by Crippen LogP contribution is -2.56. The molecule has 1 saturated heterocycles. The summed E-state index contributed by atoms with van der Waals surface area (Å²) in [6, 6.07) is 5.45. The average molecular weight is 852 g/mol. The van der Waals surface area contributed by atoms with Gasteiger partial charge in [-0.1, -0.05) is 45.1 Å². The largest absolute Gasteiger partial charge is 0.457 e. The number of carbonyl (C=O) groups excluding carboxylic acids is 4. The van der Waals surface area contributed by atoms with Gasteiger partial charge in [-0.05, 0) is 87.3 Å². The Morgan fingerprint density at radius 1 is 0.897 bits per heavy atom. The standard InChI is InChI=1S/C42H63ClN4O10S/c1-6-45(7-2)32-17-19-34-36(42(3,4)5)31-33(55-37(34)30-32)18-20-35-39(49)46(41(51)47(40(35)50)24-15-29-58-57-56-52)23-13-10-11-16-38(48)44-22-26-54-28-27-53-25-14-9-8-12-21-43/h17-20,30-31,52H,6-16,21-29H2,1-5H3,(H,44,48)/b33-18-,35-20-. The fourth-order valence-electron chi connectivity index (χ4n) is 6.48. The van der Waals surface area contributed by atoms with E-state index in [4.69, 9.17) is 31.1 Å². The third kappa shape index (κ3) is 16.0. The van der Waals surface area contributed by atoms with E-state index in [0.29, 0.717) is 88.2 Å². The Kier molecular flexibility index (Phi) is 22.5. The van der Waals surface area contributed by atoms with Crippen LogP contribution in [0.4, 0.5) is 10.5 Å². The molecule has 0 unspecified atom stereocenters. The Balaban J connectivity index is 1.61. The van der Waals surface area contributed by atoms with Crippen LogP contribution >= 0.6 is 23.6 Å². The third-order valence-electron chi connectivity index (χ3n) is 9.62. The molecular formula is C42H63ClN4O10S. The predicted octanol–water partition coefficient (Wildman–Crippen LogP) is 7.92. The summed E-state index contributed by atoms with van der Waals surface area (Å²) in [5.41, 5.74) is 2.63. The molecule has 58 heavy (non-hydrogen) atoms. The smallest absolute Gasteiger partial charge is 0.333 e. The molecule has 324 valence electrons. The molecule has 1 aromatic rings. The highest BCUT2D eigenvalue weighted by atomic mass is 35.5. The molecule has 2 N–H and O–H groups in total. The normalized spacial score (nSPS) is 15.9. The van der Waals surface area contributed by atoms with E-state index in [9.17, 15) is 19.2 Å². The molecule has 0 aliphatic carbocycles. The fourth-order valence-corrected chi connectivity index (χ4v) is 7.03. The van der Waals surface area contributed by atoms with Crippen molar-refractivity contribution in [3.8, 4) is 5.75 Å². The van der Waals surface area contributed by atoms with Crippen LogP contribution in [0.1, 0.15) is 98.0 Å². The Morgan fingerprint density at radius 3 is 2.24 bits per heavy atom. The number of anilines is 1. The first-order valence-electron chi connectivity index (χ1n) is 20.4. The highest BCUT2D eigenvalue weighted by molar-refractivity contribution is 7.94. The number of imide groups is 2. The average Bonchev–Trinajstić information content (AvgIpc) is 3.20. The van der Waals surface area contributed by atoms with Gasteiger partial charge in [0.25, 0.3) is 11.8 Å². The molecule has 2 heterocycles. The molecule has 0 spiro atoms. The highest BCUT2D eigenvalue weighted by Gasteiger charge is 2.41. The molecule has 0 bridgehead atoms. The lowest BCUT2D eigenvalue weighted by molar-refractivity contribution is -0.432. The van der Waals surface area contributed by atoms with Crippen molar-refractivity contribution in [1.82, 2.24) is 15.1 Å². The summed E-state index contributed by atoms with van der Waals surface area (Å²) >= 11 is 6.50. The Labute approximate surface area is 353 Å². The second-order valence-corrected chi connectivity index (χ2v) is 16.1. The summed E-state index contributed by atoms with van der Waals surface area (Å²) < 4.78 is 21.9. The second-order valence-electron chi connectivity index (χ2n) is 14.9. The number of unbranched alkanes of at least 4 members (excludes halogenated alkanes) is 5. The summed E-state index contributed by atoms with van der Waals surface area (Å²) in [6.07, 6.45) is 11.4. The zero-order valence-corrected chi connectivity index (χ0v) is 36.4. The second kappa shape index (κ2) is 26.6. The number of allylic oxidation sites excluding steroid dienone is 4. The van der Waals surface area contributed by atoms with Crippen LogP contribution in [0.2, 0.25) is 0 Å². The van der Waals surface area contributed by atoms with Crippen LogP contribution in [-0.4, -0.2) is 110 Å². The molecule has 1 aromatic carbocycles. The first-order valence-corrected chi connectivity index (χ1v) is 21.9. The van der Waals surface area contributed by atoms with Crippen LogP contribution in [0, 0.1) is 5.41 Å². The Morgan fingerprint density at radius 2 is 1.57 bits per heavy atom. The van der Waals surface area contributed by atoms with Crippen molar-refractivity contribution >= 4 is 58.7 Å². The van der Waals surface area contributed by atoms with Gasteiger partial charge in [0.2, 0.25) is 5.91 Å². The maximum Gasteiger partial charge on any atom is 0.333 e. The van der Waals surface area contributed by atoms with Crippen LogP contribution in [0.5, 0.6) is 5.75 Å². The molecule has 2 aliphatic rings. The van der Waals surface area contributed by atoms with Crippen molar-refractivity contribution in [2.45, 2.75) is 92.4 Å². The number of nitrogens with zero attached hydrogens (tertiary/aromatic N) is 3. The predicted molar refractivity (Wildman–Crippen MR) is 227 cm³/mol. The number of fused-ring (bicyclic) bond motifs is 1. The van der Waals surface area contributed by atoms with Gasteiger partial charge in [0.05, 0.1) is 19.8 Å². The molecule has 0 atom stereocenters.